The van der Waals surface area contributed by atoms with Crippen LogP contribution in [0.1, 0.15) is 143 Å². The monoisotopic (exact) mass is 368 g/mol. The molecule has 26 heavy (non-hydrogen) atoms. The van der Waals surface area contributed by atoms with Crippen LogP contribution in [0.4, 0.5) is 0 Å². The van der Waals surface area contributed by atoms with Gasteiger partial charge in [-0.25, -0.2) is 0 Å². The van der Waals surface area contributed by atoms with E-state index in [1.54, 1.807) is 0 Å². The Morgan fingerprint density at radius 3 is 1.12 bits per heavy atom. The molecule has 0 amide bonds. The fourth-order valence-corrected chi connectivity index (χ4v) is 3.81. The summed E-state index contributed by atoms with van der Waals surface area (Å²) in [5.74, 6) is -0.585. The molecule has 1 unspecified atom stereocenters. The lowest BCUT2D eigenvalue weighted by Gasteiger charge is -2.24. The van der Waals surface area contributed by atoms with E-state index in [1.807, 2.05) is 6.92 Å². The van der Waals surface area contributed by atoms with E-state index in [-0.39, 0.29) is 0 Å². The largest absolute Gasteiger partial charge is 0.481 e. The average molecular weight is 369 g/mol. The van der Waals surface area contributed by atoms with Gasteiger partial charge in [-0.15, -0.1) is 0 Å². The normalized spacial score (nSPS) is 13.7. The summed E-state index contributed by atoms with van der Waals surface area (Å²) in [5, 5.41) is 9.63. The third-order valence-corrected chi connectivity index (χ3v) is 5.93. The highest BCUT2D eigenvalue weighted by Crippen LogP contribution is 2.31. The van der Waals surface area contributed by atoms with Gasteiger partial charge in [0.15, 0.2) is 0 Å². The van der Waals surface area contributed by atoms with Gasteiger partial charge in [-0.05, 0) is 19.8 Å². The zero-order valence-electron chi connectivity index (χ0n) is 18.3. The summed E-state index contributed by atoms with van der Waals surface area (Å²) in [6, 6.07) is 0. The van der Waals surface area contributed by atoms with E-state index in [0.29, 0.717) is 0 Å². The van der Waals surface area contributed by atoms with Crippen LogP contribution >= 0.6 is 0 Å². The van der Waals surface area contributed by atoms with E-state index in [0.717, 1.165) is 25.7 Å². The van der Waals surface area contributed by atoms with Crippen molar-refractivity contribution in [3.05, 3.63) is 0 Å². The smallest absolute Gasteiger partial charge is 0.309 e. The van der Waals surface area contributed by atoms with Gasteiger partial charge in [0.25, 0.3) is 0 Å². The first-order valence-corrected chi connectivity index (χ1v) is 11.8. The predicted octanol–water partition coefficient (Wildman–Crippen LogP) is 8.53. The minimum absolute atomic E-state index is 0.496. The van der Waals surface area contributed by atoms with Crippen molar-refractivity contribution >= 4 is 5.97 Å². The number of carboxylic acid groups (broad SMARTS) is 1. The van der Waals surface area contributed by atoms with Gasteiger partial charge in [-0.1, -0.05) is 123 Å². The molecule has 0 aliphatic rings. The summed E-state index contributed by atoms with van der Waals surface area (Å²) < 4.78 is 0. The van der Waals surface area contributed by atoms with Gasteiger partial charge >= 0.3 is 5.97 Å². The first-order chi connectivity index (χ1) is 12.6. The SMILES string of the molecule is CCCCCCCCCCCCCC(C)(CCCCCCCC)C(=O)O. The molecule has 0 spiro atoms. The maximum Gasteiger partial charge on any atom is 0.309 e. The van der Waals surface area contributed by atoms with Crippen LogP contribution in [0, 0.1) is 5.41 Å². The Morgan fingerprint density at radius 1 is 0.577 bits per heavy atom. The van der Waals surface area contributed by atoms with Crippen molar-refractivity contribution in [2.24, 2.45) is 5.41 Å². The van der Waals surface area contributed by atoms with Crippen molar-refractivity contribution in [2.75, 3.05) is 0 Å². The number of aliphatic carboxylic acids is 1. The van der Waals surface area contributed by atoms with E-state index in [4.69, 9.17) is 0 Å². The molecule has 0 aromatic heterocycles. The van der Waals surface area contributed by atoms with Crippen LogP contribution in [0.3, 0.4) is 0 Å². The Morgan fingerprint density at radius 2 is 0.846 bits per heavy atom. The Labute approximate surface area is 164 Å². The maximum atomic E-state index is 11.7. The topological polar surface area (TPSA) is 37.3 Å². The van der Waals surface area contributed by atoms with Crippen molar-refractivity contribution < 1.29 is 9.90 Å². The molecule has 2 nitrogen and oxygen atoms in total. The molecule has 0 fully saturated rings. The van der Waals surface area contributed by atoms with Gasteiger partial charge in [-0.2, -0.15) is 0 Å². The molecule has 0 heterocycles. The zero-order chi connectivity index (χ0) is 19.5. The summed E-state index contributed by atoms with van der Waals surface area (Å²) in [5.41, 5.74) is -0.496. The summed E-state index contributed by atoms with van der Waals surface area (Å²) in [4.78, 5) is 11.7. The van der Waals surface area contributed by atoms with Gasteiger partial charge in [0, 0.05) is 0 Å². The Kier molecular flexibility index (Phi) is 17.5. The summed E-state index contributed by atoms with van der Waals surface area (Å²) in [6.07, 6.45) is 23.7. The van der Waals surface area contributed by atoms with Crippen LogP contribution in [0.5, 0.6) is 0 Å². The first-order valence-electron chi connectivity index (χ1n) is 11.8. The molecule has 0 saturated heterocycles. The van der Waals surface area contributed by atoms with Crippen molar-refractivity contribution in [1.29, 1.82) is 0 Å². The van der Waals surface area contributed by atoms with Gasteiger partial charge in [0.05, 0.1) is 5.41 Å². The molecule has 0 rings (SSSR count). The number of carbonyl (C=O) groups is 1. The van der Waals surface area contributed by atoms with E-state index < -0.39 is 11.4 Å². The minimum Gasteiger partial charge on any atom is -0.481 e. The maximum absolute atomic E-state index is 11.7. The van der Waals surface area contributed by atoms with Crippen molar-refractivity contribution in [3.63, 3.8) is 0 Å². The average Bonchev–Trinajstić information content (AvgIpc) is 2.62. The standard InChI is InChI=1S/C24H48O2/c1-4-6-8-10-12-13-14-15-16-18-20-22-24(3,23(25)26)21-19-17-11-9-7-5-2/h4-22H2,1-3H3,(H,25,26). The minimum atomic E-state index is -0.585. The highest BCUT2D eigenvalue weighted by Gasteiger charge is 2.31. The quantitative estimate of drug-likeness (QED) is 0.219. The number of hydrogen-bond acceptors (Lipinski definition) is 1. The third kappa shape index (κ3) is 14.6. The lowest BCUT2D eigenvalue weighted by atomic mass is 9.80. The number of unbranched alkanes of at least 4 members (excludes halogenated alkanes) is 15. The summed E-state index contributed by atoms with van der Waals surface area (Å²) >= 11 is 0. The highest BCUT2D eigenvalue weighted by atomic mass is 16.4. The molecule has 1 atom stereocenters. The molecule has 0 bridgehead atoms. The molecule has 0 saturated carbocycles. The molecular formula is C24H48O2. The Hall–Kier alpha value is -0.530. The zero-order valence-corrected chi connectivity index (χ0v) is 18.3. The second-order valence-corrected chi connectivity index (χ2v) is 8.67. The van der Waals surface area contributed by atoms with Crippen LogP contribution in [0.2, 0.25) is 0 Å². The van der Waals surface area contributed by atoms with E-state index in [2.05, 4.69) is 13.8 Å². The molecular weight excluding hydrogens is 320 g/mol. The molecule has 0 aromatic carbocycles. The lowest BCUT2D eigenvalue weighted by molar-refractivity contribution is -0.149. The van der Waals surface area contributed by atoms with E-state index in [1.165, 1.54) is 96.3 Å². The first kappa shape index (κ1) is 25.5. The van der Waals surface area contributed by atoms with Gasteiger partial charge in [0.2, 0.25) is 0 Å². The summed E-state index contributed by atoms with van der Waals surface area (Å²) in [7, 11) is 0. The van der Waals surface area contributed by atoms with Gasteiger partial charge in [0.1, 0.15) is 0 Å². The van der Waals surface area contributed by atoms with Gasteiger partial charge in [-0.3, -0.25) is 4.79 Å². The fourth-order valence-electron chi connectivity index (χ4n) is 3.81. The van der Waals surface area contributed by atoms with Crippen LogP contribution in [-0.2, 0) is 4.79 Å². The number of hydrogen-bond donors (Lipinski definition) is 1. The molecule has 0 radical (unpaired) electrons. The Balaban J connectivity index is 3.65. The molecule has 1 N–H and O–H groups in total. The third-order valence-electron chi connectivity index (χ3n) is 5.93. The van der Waals surface area contributed by atoms with Crippen LogP contribution in [0.15, 0.2) is 0 Å². The molecule has 0 aliphatic heterocycles. The number of rotatable bonds is 20. The lowest BCUT2D eigenvalue weighted by Crippen LogP contribution is -2.27. The Bertz CT molecular complexity index is 313. The second-order valence-electron chi connectivity index (χ2n) is 8.67. The van der Waals surface area contributed by atoms with Gasteiger partial charge < -0.3 is 5.11 Å². The highest BCUT2D eigenvalue weighted by molar-refractivity contribution is 5.74. The molecule has 0 aromatic rings. The van der Waals surface area contributed by atoms with Crippen molar-refractivity contribution in [3.8, 4) is 0 Å². The second kappa shape index (κ2) is 17.9. The van der Waals surface area contributed by atoms with Crippen molar-refractivity contribution in [2.45, 2.75) is 143 Å². The molecule has 156 valence electrons. The predicted molar refractivity (Wildman–Crippen MR) is 115 cm³/mol. The summed E-state index contributed by atoms with van der Waals surface area (Å²) in [6.45, 7) is 6.47. The molecule has 2 heteroatoms. The fraction of sp³-hybridized carbons (Fsp3) is 0.958. The number of carboxylic acids is 1. The van der Waals surface area contributed by atoms with Crippen LogP contribution < -0.4 is 0 Å². The van der Waals surface area contributed by atoms with Crippen molar-refractivity contribution in [1.82, 2.24) is 0 Å². The van der Waals surface area contributed by atoms with Crippen LogP contribution in [0.25, 0.3) is 0 Å². The van der Waals surface area contributed by atoms with Crippen LogP contribution in [-0.4, -0.2) is 11.1 Å². The molecule has 0 aliphatic carbocycles. The van der Waals surface area contributed by atoms with E-state index >= 15 is 0 Å². The van der Waals surface area contributed by atoms with E-state index in [9.17, 15) is 9.90 Å².